The highest BCUT2D eigenvalue weighted by Crippen LogP contribution is 2.12. The van der Waals surface area contributed by atoms with Crippen molar-refractivity contribution in [2.45, 2.75) is 52.7 Å². The first-order valence-electron chi connectivity index (χ1n) is 8.04. The van der Waals surface area contributed by atoms with Crippen molar-refractivity contribution >= 4 is 0 Å². The van der Waals surface area contributed by atoms with Gasteiger partial charge in [-0.1, -0.05) is 43.7 Å². The van der Waals surface area contributed by atoms with Gasteiger partial charge in [-0.2, -0.15) is 0 Å². The molecule has 0 saturated heterocycles. The average Bonchev–Trinajstić information content (AvgIpc) is 2.44. The zero-order valence-electron chi connectivity index (χ0n) is 13.9. The first kappa shape index (κ1) is 18.1. The second-order valence-corrected chi connectivity index (χ2v) is 6.31. The van der Waals surface area contributed by atoms with Crippen molar-refractivity contribution in [2.24, 2.45) is 5.92 Å². The quantitative estimate of drug-likeness (QED) is 0.649. The first-order chi connectivity index (χ1) is 9.99. The molecule has 0 aliphatic carbocycles. The smallest absolute Gasteiger partial charge is 0.0897 e. The molecule has 0 fully saturated rings. The van der Waals surface area contributed by atoms with E-state index in [1.54, 1.807) is 0 Å². The fourth-order valence-corrected chi connectivity index (χ4v) is 2.16. The molecule has 1 rings (SSSR count). The molecular weight excluding hydrogens is 262 g/mol. The van der Waals surface area contributed by atoms with Gasteiger partial charge in [-0.3, -0.25) is 0 Å². The van der Waals surface area contributed by atoms with Gasteiger partial charge in [-0.05, 0) is 38.2 Å². The van der Waals surface area contributed by atoms with Crippen LogP contribution in [0.1, 0.15) is 50.8 Å². The number of aryl methyl sites for hydroxylation is 1. The van der Waals surface area contributed by atoms with Gasteiger partial charge >= 0.3 is 0 Å². The molecular formula is C18H31NO2. The van der Waals surface area contributed by atoms with Gasteiger partial charge in [0.2, 0.25) is 0 Å². The minimum atomic E-state index is -0.447. The number of rotatable bonds is 10. The fourth-order valence-electron chi connectivity index (χ4n) is 2.16. The topological polar surface area (TPSA) is 41.5 Å². The van der Waals surface area contributed by atoms with Crippen molar-refractivity contribution in [1.82, 2.24) is 5.32 Å². The summed E-state index contributed by atoms with van der Waals surface area (Å²) in [6, 6.07) is 8.72. The molecule has 1 unspecified atom stereocenters. The number of nitrogens with one attached hydrogen (secondary N) is 1. The van der Waals surface area contributed by atoms with Crippen LogP contribution in [0, 0.1) is 12.8 Å². The molecule has 1 aromatic rings. The van der Waals surface area contributed by atoms with Crippen molar-refractivity contribution in [1.29, 1.82) is 0 Å². The summed E-state index contributed by atoms with van der Waals surface area (Å²) < 4.78 is 5.51. The number of aliphatic hydroxyl groups excluding tert-OH is 1. The lowest BCUT2D eigenvalue weighted by Gasteiger charge is -2.18. The van der Waals surface area contributed by atoms with E-state index in [1.165, 1.54) is 17.5 Å². The Balaban J connectivity index is 2.14. The van der Waals surface area contributed by atoms with Crippen molar-refractivity contribution in [3.05, 3.63) is 35.4 Å². The van der Waals surface area contributed by atoms with Crippen LogP contribution in [0.4, 0.5) is 0 Å². The van der Waals surface area contributed by atoms with E-state index in [4.69, 9.17) is 4.74 Å². The van der Waals surface area contributed by atoms with E-state index in [-0.39, 0.29) is 6.04 Å². The molecule has 0 heterocycles. The Labute approximate surface area is 129 Å². The molecule has 120 valence electrons. The molecule has 2 N–H and O–H groups in total. The summed E-state index contributed by atoms with van der Waals surface area (Å²) in [5.41, 5.74) is 2.51. The van der Waals surface area contributed by atoms with Gasteiger partial charge in [0, 0.05) is 19.2 Å². The minimum Gasteiger partial charge on any atom is -0.389 e. The maximum atomic E-state index is 9.91. The molecule has 0 aliphatic rings. The van der Waals surface area contributed by atoms with Gasteiger partial charge in [-0.15, -0.1) is 0 Å². The summed E-state index contributed by atoms with van der Waals surface area (Å²) in [5, 5.41) is 13.3. The van der Waals surface area contributed by atoms with Crippen LogP contribution in [0.15, 0.2) is 24.3 Å². The van der Waals surface area contributed by atoms with Crippen molar-refractivity contribution < 1.29 is 9.84 Å². The van der Waals surface area contributed by atoms with Crippen molar-refractivity contribution in [3.8, 4) is 0 Å². The van der Waals surface area contributed by atoms with Crippen LogP contribution >= 0.6 is 0 Å². The minimum absolute atomic E-state index is 0.237. The van der Waals surface area contributed by atoms with Crippen LogP contribution in [0.5, 0.6) is 0 Å². The predicted molar refractivity (Wildman–Crippen MR) is 88.5 cm³/mol. The van der Waals surface area contributed by atoms with Gasteiger partial charge in [0.05, 0.1) is 12.7 Å². The maximum absolute atomic E-state index is 9.91. The highest BCUT2D eigenvalue weighted by atomic mass is 16.5. The first-order valence-corrected chi connectivity index (χ1v) is 8.04. The van der Waals surface area contributed by atoms with Gasteiger partial charge in [-0.25, -0.2) is 0 Å². The lowest BCUT2D eigenvalue weighted by atomic mass is 10.1. The van der Waals surface area contributed by atoms with Crippen LogP contribution in [-0.2, 0) is 4.74 Å². The zero-order chi connectivity index (χ0) is 15.7. The Morgan fingerprint density at radius 1 is 1.14 bits per heavy atom. The van der Waals surface area contributed by atoms with Crippen LogP contribution in [0.25, 0.3) is 0 Å². The average molecular weight is 293 g/mol. The van der Waals surface area contributed by atoms with Gasteiger partial charge in [0.1, 0.15) is 0 Å². The van der Waals surface area contributed by atoms with E-state index in [0.29, 0.717) is 13.2 Å². The summed E-state index contributed by atoms with van der Waals surface area (Å²) in [4.78, 5) is 0. The fraction of sp³-hybridized carbons (Fsp3) is 0.667. The summed E-state index contributed by atoms with van der Waals surface area (Å²) in [6.45, 7) is 10.3. The molecule has 0 spiro atoms. The molecule has 2 atom stereocenters. The SMILES string of the molecule is Cc1ccc([C@@H](C)NCC(O)COCCCC(C)C)cc1. The van der Waals surface area contributed by atoms with Gasteiger partial charge in [0.15, 0.2) is 0 Å². The summed E-state index contributed by atoms with van der Waals surface area (Å²) in [7, 11) is 0. The lowest BCUT2D eigenvalue weighted by Crippen LogP contribution is -2.32. The van der Waals surface area contributed by atoms with Gasteiger partial charge < -0.3 is 15.2 Å². The monoisotopic (exact) mass is 293 g/mol. The molecule has 0 saturated carbocycles. The van der Waals surface area contributed by atoms with Crippen molar-refractivity contribution in [2.75, 3.05) is 19.8 Å². The highest BCUT2D eigenvalue weighted by molar-refractivity contribution is 5.23. The Hall–Kier alpha value is -0.900. The molecule has 3 nitrogen and oxygen atoms in total. The Morgan fingerprint density at radius 3 is 2.43 bits per heavy atom. The van der Waals surface area contributed by atoms with Crippen LogP contribution in [0.2, 0.25) is 0 Å². The van der Waals surface area contributed by atoms with E-state index in [1.807, 2.05) is 0 Å². The summed E-state index contributed by atoms with van der Waals surface area (Å²) in [5.74, 6) is 0.718. The molecule has 0 aromatic heterocycles. The Kier molecular flexibility index (Phi) is 8.58. The number of hydrogen-bond acceptors (Lipinski definition) is 3. The second kappa shape index (κ2) is 9.93. The van der Waals surface area contributed by atoms with E-state index >= 15 is 0 Å². The van der Waals surface area contributed by atoms with Crippen LogP contribution < -0.4 is 5.32 Å². The van der Waals surface area contributed by atoms with E-state index in [9.17, 15) is 5.11 Å². The normalized spacial score (nSPS) is 14.4. The molecule has 1 aromatic carbocycles. The predicted octanol–water partition coefficient (Wildman–Crippen LogP) is 3.46. The molecule has 0 amide bonds. The third-order valence-corrected chi connectivity index (χ3v) is 3.62. The summed E-state index contributed by atoms with van der Waals surface area (Å²) >= 11 is 0. The zero-order valence-corrected chi connectivity index (χ0v) is 13.9. The third-order valence-electron chi connectivity index (χ3n) is 3.62. The molecule has 0 aliphatic heterocycles. The summed E-state index contributed by atoms with van der Waals surface area (Å²) in [6.07, 6.45) is 1.80. The number of aliphatic hydroxyl groups is 1. The molecule has 0 radical (unpaired) electrons. The molecule has 0 bridgehead atoms. The van der Waals surface area contributed by atoms with Crippen LogP contribution in [0.3, 0.4) is 0 Å². The Bertz CT molecular complexity index is 375. The molecule has 21 heavy (non-hydrogen) atoms. The molecule has 3 heteroatoms. The second-order valence-electron chi connectivity index (χ2n) is 6.31. The Morgan fingerprint density at radius 2 is 1.81 bits per heavy atom. The largest absolute Gasteiger partial charge is 0.389 e. The number of ether oxygens (including phenoxy) is 1. The third kappa shape index (κ3) is 8.20. The van der Waals surface area contributed by atoms with Gasteiger partial charge in [0.25, 0.3) is 0 Å². The maximum Gasteiger partial charge on any atom is 0.0897 e. The van der Waals surface area contributed by atoms with E-state index in [2.05, 4.69) is 57.3 Å². The van der Waals surface area contributed by atoms with E-state index < -0.39 is 6.10 Å². The highest BCUT2D eigenvalue weighted by Gasteiger charge is 2.09. The van der Waals surface area contributed by atoms with Crippen molar-refractivity contribution in [3.63, 3.8) is 0 Å². The lowest BCUT2D eigenvalue weighted by molar-refractivity contribution is 0.0337. The van der Waals surface area contributed by atoms with E-state index in [0.717, 1.165) is 18.9 Å². The van der Waals surface area contributed by atoms with Crippen LogP contribution in [-0.4, -0.2) is 31.0 Å². The number of benzene rings is 1. The standard InChI is InChI=1S/C18H31NO2/c1-14(2)6-5-11-21-13-18(20)12-19-16(4)17-9-7-15(3)8-10-17/h7-10,14,16,18-20H,5-6,11-13H2,1-4H3/t16-,18?/m1/s1. The number of hydrogen-bond donors (Lipinski definition) is 2.